The zero-order valence-electron chi connectivity index (χ0n) is 16.0. The summed E-state index contributed by atoms with van der Waals surface area (Å²) >= 11 is 0. The standard InChI is InChI=1S/C18H37.3Na/c1-3-5-7-9-11-13-15-17-18-16-14-12-10-8-6-4-2;;;/h1,3-18H2,2H3;;;/q-1;;;+1. The molecule has 2 radical (unpaired) electrons. The molecule has 0 saturated carbocycles. The van der Waals surface area contributed by atoms with E-state index in [0.717, 1.165) is 6.42 Å². The van der Waals surface area contributed by atoms with E-state index in [0.29, 0.717) is 0 Å². The zero-order chi connectivity index (χ0) is 13.3. The summed E-state index contributed by atoms with van der Waals surface area (Å²) < 4.78 is 0. The molecule has 0 aromatic rings. The Bertz CT molecular complexity index is 124. The first kappa shape index (κ1) is 31.7. The van der Waals surface area contributed by atoms with E-state index in [1.165, 1.54) is 96.3 Å². The molecule has 0 unspecified atom stereocenters. The topological polar surface area (TPSA) is 0 Å². The van der Waals surface area contributed by atoms with Gasteiger partial charge in [-0.2, -0.15) is 6.42 Å². The molecule has 21 heavy (non-hydrogen) atoms. The molecule has 0 nitrogen and oxygen atoms in total. The van der Waals surface area contributed by atoms with Crippen LogP contribution in [0.4, 0.5) is 0 Å². The SMILES string of the molecule is [CH2-]CCCCCCCCCCCCCCCCC.[Na+].[Na].[Na]. The van der Waals surface area contributed by atoms with Crippen molar-refractivity contribution in [3.63, 3.8) is 0 Å². The quantitative estimate of drug-likeness (QED) is 0.246. The van der Waals surface area contributed by atoms with Crippen LogP contribution in [0.1, 0.15) is 110 Å². The van der Waals surface area contributed by atoms with Crippen LogP contribution < -0.4 is 29.6 Å². The Kier molecular flexibility index (Phi) is 46.6. The van der Waals surface area contributed by atoms with Crippen molar-refractivity contribution in [2.45, 2.75) is 110 Å². The van der Waals surface area contributed by atoms with E-state index in [-0.39, 0.29) is 88.7 Å². The van der Waals surface area contributed by atoms with Gasteiger partial charge in [0.25, 0.3) is 0 Å². The Hall–Kier alpha value is 3.00. The van der Waals surface area contributed by atoms with Crippen LogP contribution in [0.2, 0.25) is 0 Å². The van der Waals surface area contributed by atoms with E-state index in [1.54, 1.807) is 0 Å². The summed E-state index contributed by atoms with van der Waals surface area (Å²) in [5, 5.41) is 0. The van der Waals surface area contributed by atoms with Gasteiger partial charge in [0, 0.05) is 59.1 Å². The van der Waals surface area contributed by atoms with Gasteiger partial charge in [0.05, 0.1) is 0 Å². The van der Waals surface area contributed by atoms with Crippen LogP contribution in [0.15, 0.2) is 0 Å². The second kappa shape index (κ2) is 30.8. The predicted octanol–water partition coefficient (Wildman–Crippen LogP) is 3.32. The molecule has 0 rings (SSSR count). The normalized spacial score (nSPS) is 9.43. The fourth-order valence-corrected chi connectivity index (χ4v) is 2.55. The number of hydrogen-bond donors (Lipinski definition) is 0. The fourth-order valence-electron chi connectivity index (χ4n) is 2.55. The summed E-state index contributed by atoms with van der Waals surface area (Å²) in [6, 6.07) is 0. The van der Waals surface area contributed by atoms with E-state index in [4.69, 9.17) is 0 Å². The van der Waals surface area contributed by atoms with Gasteiger partial charge in [-0.25, -0.2) is 0 Å². The summed E-state index contributed by atoms with van der Waals surface area (Å²) in [6.45, 7) is 6.18. The summed E-state index contributed by atoms with van der Waals surface area (Å²) in [4.78, 5) is 0. The van der Waals surface area contributed by atoms with Crippen molar-refractivity contribution in [2.75, 3.05) is 0 Å². The van der Waals surface area contributed by atoms with E-state index in [1.807, 2.05) is 0 Å². The first-order valence-electron chi connectivity index (χ1n) is 8.71. The third-order valence-electron chi connectivity index (χ3n) is 3.85. The fraction of sp³-hybridized carbons (Fsp3) is 0.944. The van der Waals surface area contributed by atoms with E-state index in [9.17, 15) is 0 Å². The number of rotatable bonds is 15. The minimum atomic E-state index is 0. The molecular formula is C18H37Na3. The third kappa shape index (κ3) is 31.3. The molecule has 0 aliphatic rings. The third-order valence-corrected chi connectivity index (χ3v) is 3.85. The Labute approximate surface area is 202 Å². The van der Waals surface area contributed by atoms with Gasteiger partial charge in [0.1, 0.15) is 0 Å². The van der Waals surface area contributed by atoms with Crippen molar-refractivity contribution in [2.24, 2.45) is 0 Å². The predicted molar refractivity (Wildman–Crippen MR) is 96.4 cm³/mol. The summed E-state index contributed by atoms with van der Waals surface area (Å²) in [6.07, 6.45) is 22.8. The summed E-state index contributed by atoms with van der Waals surface area (Å²) in [5.41, 5.74) is 0. The Morgan fingerprint density at radius 2 is 0.714 bits per heavy atom. The first-order chi connectivity index (χ1) is 8.91. The van der Waals surface area contributed by atoms with Gasteiger partial charge < -0.3 is 6.92 Å². The van der Waals surface area contributed by atoms with Gasteiger partial charge in [-0.05, 0) is 0 Å². The van der Waals surface area contributed by atoms with Crippen LogP contribution in [-0.4, -0.2) is 59.1 Å². The monoisotopic (exact) mass is 322 g/mol. The average Bonchev–Trinajstić information content (AvgIpc) is 2.39. The molecular weight excluding hydrogens is 285 g/mol. The number of hydrogen-bond acceptors (Lipinski definition) is 0. The Morgan fingerprint density at radius 3 is 0.952 bits per heavy atom. The van der Waals surface area contributed by atoms with E-state index >= 15 is 0 Å². The largest absolute Gasteiger partial charge is 1.00 e. The van der Waals surface area contributed by atoms with Gasteiger partial charge >= 0.3 is 29.6 Å². The Morgan fingerprint density at radius 1 is 0.476 bits per heavy atom. The maximum atomic E-state index is 3.88. The minimum Gasteiger partial charge on any atom is -0.343 e. The molecule has 0 atom stereocenters. The van der Waals surface area contributed by atoms with Crippen molar-refractivity contribution in [3.05, 3.63) is 6.92 Å². The molecule has 112 valence electrons. The van der Waals surface area contributed by atoms with Crippen molar-refractivity contribution < 1.29 is 29.6 Å². The second-order valence-corrected chi connectivity index (χ2v) is 5.80. The number of unbranched alkanes of at least 4 members (excludes halogenated alkanes) is 15. The van der Waals surface area contributed by atoms with Gasteiger partial charge in [-0.3, -0.25) is 0 Å². The van der Waals surface area contributed by atoms with Gasteiger partial charge in [-0.1, -0.05) is 103 Å². The molecule has 0 heterocycles. The van der Waals surface area contributed by atoms with Crippen molar-refractivity contribution in [1.29, 1.82) is 0 Å². The molecule has 0 saturated heterocycles. The van der Waals surface area contributed by atoms with Crippen molar-refractivity contribution in [3.8, 4) is 0 Å². The minimum absolute atomic E-state index is 0. The maximum absolute atomic E-state index is 3.88. The van der Waals surface area contributed by atoms with Crippen molar-refractivity contribution >= 4 is 59.1 Å². The molecule has 0 aromatic carbocycles. The van der Waals surface area contributed by atoms with Crippen LogP contribution in [-0.2, 0) is 0 Å². The summed E-state index contributed by atoms with van der Waals surface area (Å²) in [7, 11) is 0. The van der Waals surface area contributed by atoms with Gasteiger partial charge in [0.2, 0.25) is 0 Å². The molecule has 0 aliphatic heterocycles. The van der Waals surface area contributed by atoms with Crippen LogP contribution in [0, 0.1) is 6.92 Å². The molecule has 0 amide bonds. The molecule has 0 spiro atoms. The molecule has 0 aliphatic carbocycles. The van der Waals surface area contributed by atoms with Crippen LogP contribution in [0.3, 0.4) is 0 Å². The Balaban J connectivity index is -0.000000482. The smallest absolute Gasteiger partial charge is 0.343 e. The van der Waals surface area contributed by atoms with E-state index in [2.05, 4.69) is 13.8 Å². The van der Waals surface area contributed by atoms with E-state index < -0.39 is 0 Å². The zero-order valence-corrected chi connectivity index (χ0v) is 22.0. The van der Waals surface area contributed by atoms with Crippen LogP contribution in [0.5, 0.6) is 0 Å². The first-order valence-corrected chi connectivity index (χ1v) is 8.71. The summed E-state index contributed by atoms with van der Waals surface area (Å²) in [5.74, 6) is 0. The molecule has 0 fully saturated rings. The van der Waals surface area contributed by atoms with Crippen LogP contribution in [0.25, 0.3) is 0 Å². The van der Waals surface area contributed by atoms with Gasteiger partial charge in [0.15, 0.2) is 0 Å². The molecule has 0 N–H and O–H groups in total. The maximum Gasteiger partial charge on any atom is 1.00 e. The molecule has 0 aromatic heterocycles. The molecule has 3 heteroatoms. The average molecular weight is 322 g/mol. The second-order valence-electron chi connectivity index (χ2n) is 5.80. The molecule has 0 bridgehead atoms. The van der Waals surface area contributed by atoms with Gasteiger partial charge in [-0.15, -0.1) is 0 Å². The van der Waals surface area contributed by atoms with Crippen molar-refractivity contribution in [1.82, 2.24) is 0 Å². The van der Waals surface area contributed by atoms with Crippen LogP contribution >= 0.6 is 0 Å².